The van der Waals surface area contributed by atoms with Crippen LogP contribution in [0.4, 0.5) is 4.79 Å². The molecular weight excluding hydrogens is 373 g/mol. The maximum absolute atomic E-state index is 13.2. The average Bonchev–Trinajstić information content (AvgIpc) is 3.17. The molecule has 4 rings (SSSR count). The molecule has 1 aromatic heterocycles. The third kappa shape index (κ3) is 3.32. The Kier molecular flexibility index (Phi) is 4.94. The summed E-state index contributed by atoms with van der Waals surface area (Å²) in [7, 11) is 2.94. The van der Waals surface area contributed by atoms with Crippen molar-refractivity contribution in [3.8, 4) is 0 Å². The Morgan fingerprint density at radius 3 is 2.64 bits per heavy atom. The van der Waals surface area contributed by atoms with Crippen molar-refractivity contribution in [3.63, 3.8) is 0 Å². The van der Waals surface area contributed by atoms with E-state index in [1.54, 1.807) is 5.06 Å². The van der Waals surface area contributed by atoms with Crippen LogP contribution in [0.25, 0.3) is 0 Å². The molecule has 2 atom stereocenters. The number of carbonyl (C=O) groups excluding carboxylic acids is 1. The molecule has 2 aliphatic heterocycles. The van der Waals surface area contributed by atoms with Crippen LogP contribution >= 0.6 is 7.41 Å². The van der Waals surface area contributed by atoms with Gasteiger partial charge < -0.3 is 4.90 Å². The number of hydrogen-bond donors (Lipinski definition) is 0. The van der Waals surface area contributed by atoms with Crippen LogP contribution in [-0.2, 0) is 18.5 Å². The molecule has 2 aliphatic rings. The van der Waals surface area contributed by atoms with Crippen LogP contribution in [-0.4, -0.2) is 70.6 Å². The predicted molar refractivity (Wildman–Crippen MR) is 111 cm³/mol. The van der Waals surface area contributed by atoms with Gasteiger partial charge >= 0.3 is 6.03 Å². The Hall–Kier alpha value is -1.95. The van der Waals surface area contributed by atoms with Gasteiger partial charge in [0, 0.05) is 19.7 Å². The third-order valence-electron chi connectivity index (χ3n) is 5.83. The van der Waals surface area contributed by atoms with Gasteiger partial charge in [-0.25, -0.2) is 4.79 Å². The van der Waals surface area contributed by atoms with E-state index < -0.39 is 7.41 Å². The fourth-order valence-electron chi connectivity index (χ4n) is 3.90. The molecule has 8 heteroatoms. The molecule has 0 unspecified atom stereocenters. The maximum Gasteiger partial charge on any atom is 0.345 e. The molecular formula is C20H29N5O2P+. The monoisotopic (exact) mass is 402 g/mol. The fourth-order valence-corrected chi connectivity index (χ4v) is 4.55. The van der Waals surface area contributed by atoms with Crippen LogP contribution in [0.15, 0.2) is 36.5 Å². The summed E-state index contributed by atoms with van der Waals surface area (Å²) in [6.45, 7) is 8.71. The number of hydroxylamine groups is 2. The fraction of sp³-hybridized carbons (Fsp3) is 0.500. The molecule has 0 spiro atoms. The van der Waals surface area contributed by atoms with Gasteiger partial charge in [0.1, 0.15) is 12.6 Å². The number of likely N-dealkylation sites (N-methyl/N-ethyl adjacent to an activating group) is 1. The van der Waals surface area contributed by atoms with E-state index in [1.807, 2.05) is 53.2 Å². The van der Waals surface area contributed by atoms with Gasteiger partial charge in [0.2, 0.25) is 0 Å². The molecule has 0 aliphatic carbocycles. The highest BCUT2D eigenvalue weighted by molar-refractivity contribution is 7.71. The summed E-state index contributed by atoms with van der Waals surface area (Å²) < 4.78 is 4.32. The number of nitrogens with zero attached hydrogens (tertiary/aromatic N) is 5. The van der Waals surface area contributed by atoms with Gasteiger partial charge in [-0.1, -0.05) is 30.3 Å². The highest BCUT2D eigenvalue weighted by Crippen LogP contribution is 2.52. The summed E-state index contributed by atoms with van der Waals surface area (Å²) in [5.41, 5.74) is 3.27. The van der Waals surface area contributed by atoms with Crippen molar-refractivity contribution in [2.24, 2.45) is 7.05 Å². The number of fused-ring (bicyclic) bond motifs is 4. The SMILES string of the molecule is CN(C[C@@H]1c2c(cnn2C)[C@H]2CN1C(=O)N2OCc1ccccc1)[P+](C)(C)C. The van der Waals surface area contributed by atoms with Crippen molar-refractivity contribution in [2.45, 2.75) is 18.7 Å². The van der Waals surface area contributed by atoms with Gasteiger partial charge in [-0.2, -0.15) is 14.8 Å². The number of carbonyl (C=O) groups is 1. The average molecular weight is 402 g/mol. The van der Waals surface area contributed by atoms with Gasteiger partial charge in [-0.15, -0.1) is 0 Å². The first-order valence-electron chi connectivity index (χ1n) is 9.59. The Bertz CT molecular complexity index is 863. The molecule has 1 saturated heterocycles. The van der Waals surface area contributed by atoms with E-state index in [4.69, 9.17) is 4.84 Å². The van der Waals surface area contributed by atoms with Crippen LogP contribution in [0.3, 0.4) is 0 Å². The Morgan fingerprint density at radius 1 is 1.25 bits per heavy atom. The first-order chi connectivity index (χ1) is 13.3. The van der Waals surface area contributed by atoms with Crippen LogP contribution in [0.2, 0.25) is 0 Å². The van der Waals surface area contributed by atoms with Crippen molar-refractivity contribution in [3.05, 3.63) is 53.3 Å². The second-order valence-corrected chi connectivity index (χ2v) is 13.0. The molecule has 0 N–H and O–H groups in total. The van der Waals surface area contributed by atoms with Crippen LogP contribution in [0, 0.1) is 0 Å². The number of benzene rings is 1. The van der Waals surface area contributed by atoms with Gasteiger partial charge in [0.25, 0.3) is 0 Å². The van der Waals surface area contributed by atoms with Crippen molar-refractivity contribution in [1.29, 1.82) is 0 Å². The van der Waals surface area contributed by atoms with Crippen LogP contribution in [0.5, 0.6) is 0 Å². The topological polar surface area (TPSA) is 53.8 Å². The Labute approximate surface area is 167 Å². The zero-order valence-corrected chi connectivity index (χ0v) is 18.1. The van der Waals surface area contributed by atoms with Crippen molar-refractivity contribution in [1.82, 2.24) is 24.4 Å². The van der Waals surface area contributed by atoms with E-state index in [0.29, 0.717) is 13.2 Å². The minimum Gasteiger partial charge on any atom is -0.310 e. The molecule has 150 valence electrons. The molecule has 0 saturated carbocycles. The van der Waals surface area contributed by atoms with Gasteiger partial charge in [-0.3, -0.25) is 9.52 Å². The first kappa shape index (κ1) is 19.4. The van der Waals surface area contributed by atoms with Crippen LogP contribution < -0.4 is 0 Å². The number of aryl methyl sites for hydroxylation is 1. The number of urea groups is 1. The lowest BCUT2D eigenvalue weighted by atomic mass is 9.98. The second-order valence-electron chi connectivity index (χ2n) is 8.44. The lowest BCUT2D eigenvalue weighted by molar-refractivity contribution is -0.141. The van der Waals surface area contributed by atoms with Gasteiger partial charge in [0.05, 0.1) is 58.4 Å². The molecule has 2 amide bonds. The molecule has 2 aromatic rings. The minimum absolute atomic E-state index is 0.0131. The number of hydrogen-bond acceptors (Lipinski definition) is 4. The quantitative estimate of drug-likeness (QED) is 0.697. The smallest absolute Gasteiger partial charge is 0.310 e. The molecule has 0 radical (unpaired) electrons. The normalized spacial score (nSPS) is 21.6. The molecule has 7 nitrogen and oxygen atoms in total. The Morgan fingerprint density at radius 2 is 1.96 bits per heavy atom. The predicted octanol–water partition coefficient (Wildman–Crippen LogP) is 3.14. The third-order valence-corrected chi connectivity index (χ3v) is 8.04. The van der Waals surface area contributed by atoms with E-state index in [1.165, 1.54) is 0 Å². The van der Waals surface area contributed by atoms with E-state index in [-0.39, 0.29) is 18.1 Å². The van der Waals surface area contributed by atoms with Crippen LogP contribution in [0.1, 0.15) is 28.9 Å². The molecule has 3 heterocycles. The number of amides is 2. The lowest BCUT2D eigenvalue weighted by Crippen LogP contribution is -2.40. The zero-order chi connectivity index (χ0) is 20.1. The van der Waals surface area contributed by atoms with E-state index in [2.05, 4.69) is 36.8 Å². The van der Waals surface area contributed by atoms with Crippen molar-refractivity contribution >= 4 is 13.4 Å². The van der Waals surface area contributed by atoms with E-state index in [9.17, 15) is 4.79 Å². The number of aromatic nitrogens is 2. The lowest BCUT2D eigenvalue weighted by Gasteiger charge is -2.35. The first-order valence-corrected chi connectivity index (χ1v) is 12.7. The molecule has 1 aromatic carbocycles. The van der Waals surface area contributed by atoms with Crippen molar-refractivity contribution in [2.75, 3.05) is 40.1 Å². The summed E-state index contributed by atoms with van der Waals surface area (Å²) in [4.78, 5) is 21.2. The molecule has 1 fully saturated rings. The molecule has 2 bridgehead atoms. The summed E-state index contributed by atoms with van der Waals surface area (Å²) in [5.74, 6) is 0. The van der Waals surface area contributed by atoms with E-state index >= 15 is 0 Å². The summed E-state index contributed by atoms with van der Waals surface area (Å²) in [6, 6.07) is 9.78. The molecule has 28 heavy (non-hydrogen) atoms. The minimum atomic E-state index is -1.17. The van der Waals surface area contributed by atoms with Crippen molar-refractivity contribution < 1.29 is 9.63 Å². The highest BCUT2D eigenvalue weighted by Gasteiger charge is 2.51. The maximum atomic E-state index is 13.2. The zero-order valence-electron chi connectivity index (χ0n) is 17.2. The second kappa shape index (κ2) is 7.14. The highest BCUT2D eigenvalue weighted by atomic mass is 31.2. The summed E-state index contributed by atoms with van der Waals surface area (Å²) >= 11 is 0. The Balaban J connectivity index is 1.61. The largest absolute Gasteiger partial charge is 0.345 e. The van der Waals surface area contributed by atoms with Gasteiger partial charge in [-0.05, 0) is 5.56 Å². The number of rotatable bonds is 6. The summed E-state index contributed by atoms with van der Waals surface area (Å²) in [5, 5.41) is 6.06. The standard InChI is InChI=1S/C20H29N5O2P/c1-22(28(3,4)5)12-18-19-16(11-21-23(19)2)17-13-24(18)20(26)25(17)27-14-15-9-7-6-8-10-15/h6-11,17-18H,12-14H2,1-5H3/q+1/t17-,18-/m1/s1. The van der Waals surface area contributed by atoms with E-state index in [0.717, 1.165) is 23.4 Å². The van der Waals surface area contributed by atoms with Gasteiger partial charge in [0.15, 0.2) is 0 Å². The summed E-state index contributed by atoms with van der Waals surface area (Å²) in [6.07, 6.45) is 1.90.